The topological polar surface area (TPSA) is 101 Å². The van der Waals surface area contributed by atoms with Gasteiger partial charge >= 0.3 is 5.97 Å². The minimum atomic E-state index is -1.20. The number of pyridine rings is 1. The van der Waals surface area contributed by atoms with Crippen LogP contribution in [0.15, 0.2) is 24.5 Å². The van der Waals surface area contributed by atoms with Crippen molar-refractivity contribution in [3.05, 3.63) is 30.2 Å². The van der Waals surface area contributed by atoms with Gasteiger partial charge in [-0.05, 0) is 19.1 Å². The Hall–Kier alpha value is -2.77. The first kappa shape index (κ1) is 14.6. The van der Waals surface area contributed by atoms with Crippen LogP contribution in [0.5, 0.6) is 0 Å². The second kappa shape index (κ2) is 5.70. The third-order valence-electron chi connectivity index (χ3n) is 3.00. The number of aromatic nitrogens is 4. The van der Waals surface area contributed by atoms with Gasteiger partial charge in [-0.25, -0.2) is 9.48 Å². The summed E-state index contributed by atoms with van der Waals surface area (Å²) in [7, 11) is 3.25. The lowest BCUT2D eigenvalue weighted by Crippen LogP contribution is -2.31. The SMILES string of the molecule is CC(C(=O)N(C)C)n1nnc(C(=O)O)c1-c1cccnc1. The van der Waals surface area contributed by atoms with E-state index in [1.807, 2.05) is 0 Å². The molecule has 0 saturated heterocycles. The maximum absolute atomic E-state index is 12.1. The molecule has 0 aliphatic rings. The molecule has 1 amide bonds. The summed E-state index contributed by atoms with van der Waals surface area (Å²) in [4.78, 5) is 28.8. The number of carboxylic acid groups (broad SMARTS) is 1. The number of rotatable bonds is 4. The minimum absolute atomic E-state index is 0.207. The van der Waals surface area contributed by atoms with Crippen LogP contribution >= 0.6 is 0 Å². The largest absolute Gasteiger partial charge is 0.476 e. The Kier molecular flexibility index (Phi) is 3.97. The van der Waals surface area contributed by atoms with Gasteiger partial charge in [0, 0.05) is 32.1 Å². The molecule has 2 rings (SSSR count). The molecule has 0 aromatic carbocycles. The average Bonchev–Trinajstić information content (AvgIpc) is 2.91. The third-order valence-corrected chi connectivity index (χ3v) is 3.00. The number of carboxylic acids is 1. The molecule has 0 aliphatic heterocycles. The molecule has 2 heterocycles. The molecule has 1 N–H and O–H groups in total. The summed E-state index contributed by atoms with van der Waals surface area (Å²) in [6.07, 6.45) is 3.08. The predicted octanol–water partition coefficient (Wildman–Crippen LogP) is 0.687. The zero-order chi connectivity index (χ0) is 15.6. The second-order valence-electron chi connectivity index (χ2n) is 4.69. The number of nitrogens with zero attached hydrogens (tertiary/aromatic N) is 5. The maximum atomic E-state index is 12.1. The van der Waals surface area contributed by atoms with Gasteiger partial charge in [-0.3, -0.25) is 9.78 Å². The molecule has 1 unspecified atom stereocenters. The lowest BCUT2D eigenvalue weighted by atomic mass is 10.1. The molecule has 0 spiro atoms. The molecule has 0 radical (unpaired) electrons. The molecular weight excluding hydrogens is 274 g/mol. The van der Waals surface area contributed by atoms with E-state index < -0.39 is 12.0 Å². The van der Waals surface area contributed by atoms with Gasteiger partial charge < -0.3 is 10.0 Å². The van der Waals surface area contributed by atoms with Crippen molar-refractivity contribution in [2.45, 2.75) is 13.0 Å². The van der Waals surface area contributed by atoms with E-state index in [1.54, 1.807) is 39.3 Å². The molecule has 1 atom stereocenters. The molecule has 21 heavy (non-hydrogen) atoms. The number of amides is 1. The zero-order valence-corrected chi connectivity index (χ0v) is 11.9. The molecule has 0 fully saturated rings. The smallest absolute Gasteiger partial charge is 0.358 e. The van der Waals surface area contributed by atoms with Crippen LogP contribution in [0.25, 0.3) is 11.3 Å². The van der Waals surface area contributed by atoms with Crippen molar-refractivity contribution in [2.24, 2.45) is 0 Å². The van der Waals surface area contributed by atoms with E-state index in [1.165, 1.54) is 15.8 Å². The first-order valence-electron chi connectivity index (χ1n) is 6.23. The number of hydrogen-bond donors (Lipinski definition) is 1. The Morgan fingerprint density at radius 1 is 1.38 bits per heavy atom. The highest BCUT2D eigenvalue weighted by molar-refractivity contribution is 5.93. The molecule has 8 heteroatoms. The number of carbonyl (C=O) groups excluding carboxylic acids is 1. The van der Waals surface area contributed by atoms with Crippen LogP contribution in [0.2, 0.25) is 0 Å². The van der Waals surface area contributed by atoms with Gasteiger partial charge in [0.05, 0.1) is 0 Å². The highest BCUT2D eigenvalue weighted by atomic mass is 16.4. The summed E-state index contributed by atoms with van der Waals surface area (Å²) >= 11 is 0. The van der Waals surface area contributed by atoms with Crippen LogP contribution in [0, 0.1) is 0 Å². The van der Waals surface area contributed by atoms with Crippen molar-refractivity contribution in [3.63, 3.8) is 0 Å². The monoisotopic (exact) mass is 289 g/mol. The Morgan fingerprint density at radius 2 is 2.10 bits per heavy atom. The molecule has 0 saturated carbocycles. The zero-order valence-electron chi connectivity index (χ0n) is 11.9. The summed E-state index contributed by atoms with van der Waals surface area (Å²) < 4.78 is 1.31. The van der Waals surface area contributed by atoms with E-state index in [-0.39, 0.29) is 17.3 Å². The number of hydrogen-bond acceptors (Lipinski definition) is 5. The van der Waals surface area contributed by atoms with Crippen LogP contribution in [0.3, 0.4) is 0 Å². The highest BCUT2D eigenvalue weighted by Gasteiger charge is 2.27. The van der Waals surface area contributed by atoms with Crippen molar-refractivity contribution in [1.82, 2.24) is 24.9 Å². The first-order valence-corrected chi connectivity index (χ1v) is 6.23. The van der Waals surface area contributed by atoms with Gasteiger partial charge in [0.1, 0.15) is 11.7 Å². The number of likely N-dealkylation sites (N-methyl/N-ethyl adjacent to an activating group) is 1. The van der Waals surface area contributed by atoms with E-state index in [0.717, 1.165) is 0 Å². The van der Waals surface area contributed by atoms with Gasteiger partial charge in [0.25, 0.3) is 0 Å². The van der Waals surface area contributed by atoms with Crippen LogP contribution < -0.4 is 0 Å². The fraction of sp³-hybridized carbons (Fsp3) is 0.308. The van der Waals surface area contributed by atoms with E-state index in [0.29, 0.717) is 5.56 Å². The number of aromatic carboxylic acids is 1. The van der Waals surface area contributed by atoms with Crippen LogP contribution in [0.1, 0.15) is 23.5 Å². The fourth-order valence-corrected chi connectivity index (χ4v) is 1.96. The van der Waals surface area contributed by atoms with Crippen LogP contribution in [-0.4, -0.2) is 56.0 Å². The van der Waals surface area contributed by atoms with Crippen molar-refractivity contribution < 1.29 is 14.7 Å². The lowest BCUT2D eigenvalue weighted by Gasteiger charge is -2.18. The predicted molar refractivity (Wildman–Crippen MR) is 73.6 cm³/mol. The highest BCUT2D eigenvalue weighted by Crippen LogP contribution is 2.25. The van der Waals surface area contributed by atoms with Gasteiger partial charge in [0.15, 0.2) is 5.69 Å². The lowest BCUT2D eigenvalue weighted by molar-refractivity contribution is -0.131. The Bertz CT molecular complexity index is 666. The maximum Gasteiger partial charge on any atom is 0.358 e. The Balaban J connectivity index is 2.58. The van der Waals surface area contributed by atoms with Crippen molar-refractivity contribution in [2.75, 3.05) is 14.1 Å². The second-order valence-corrected chi connectivity index (χ2v) is 4.69. The standard InChI is InChI=1S/C13H15N5O3/c1-8(12(19)17(2)3)18-11(9-5-4-6-14-7-9)10(13(20)21)15-16-18/h4-8H,1-3H3,(H,20,21). The van der Waals surface area contributed by atoms with E-state index in [9.17, 15) is 14.7 Å². The first-order chi connectivity index (χ1) is 9.93. The summed E-state index contributed by atoms with van der Waals surface area (Å²) in [5, 5.41) is 16.7. The molecule has 0 bridgehead atoms. The summed E-state index contributed by atoms with van der Waals surface area (Å²) in [6.45, 7) is 1.64. The molecule has 0 aliphatic carbocycles. The summed E-state index contributed by atoms with van der Waals surface area (Å²) in [6, 6.07) is 2.70. The minimum Gasteiger partial charge on any atom is -0.476 e. The van der Waals surface area contributed by atoms with Gasteiger partial charge in [-0.15, -0.1) is 5.10 Å². The van der Waals surface area contributed by atoms with E-state index in [2.05, 4.69) is 15.3 Å². The molecule has 8 nitrogen and oxygen atoms in total. The molecule has 110 valence electrons. The van der Waals surface area contributed by atoms with Crippen molar-refractivity contribution in [3.8, 4) is 11.3 Å². The van der Waals surface area contributed by atoms with E-state index >= 15 is 0 Å². The normalized spacial score (nSPS) is 12.0. The number of carbonyl (C=O) groups is 2. The van der Waals surface area contributed by atoms with Crippen LogP contribution in [0.4, 0.5) is 0 Å². The van der Waals surface area contributed by atoms with Gasteiger partial charge in [0.2, 0.25) is 5.91 Å². The van der Waals surface area contributed by atoms with Crippen LogP contribution in [-0.2, 0) is 4.79 Å². The molecule has 2 aromatic rings. The summed E-state index contributed by atoms with van der Waals surface area (Å²) in [5.41, 5.74) is 0.595. The quantitative estimate of drug-likeness (QED) is 0.888. The van der Waals surface area contributed by atoms with E-state index in [4.69, 9.17) is 0 Å². The molecule has 2 aromatic heterocycles. The summed E-state index contributed by atoms with van der Waals surface area (Å²) in [5.74, 6) is -1.41. The average molecular weight is 289 g/mol. The fourth-order valence-electron chi connectivity index (χ4n) is 1.96. The Morgan fingerprint density at radius 3 is 2.62 bits per heavy atom. The van der Waals surface area contributed by atoms with Gasteiger partial charge in [-0.1, -0.05) is 5.21 Å². The molecular formula is C13H15N5O3. The Labute approximate surface area is 121 Å². The van der Waals surface area contributed by atoms with Crippen molar-refractivity contribution >= 4 is 11.9 Å². The van der Waals surface area contributed by atoms with Gasteiger partial charge in [-0.2, -0.15) is 0 Å². The van der Waals surface area contributed by atoms with Crippen molar-refractivity contribution in [1.29, 1.82) is 0 Å². The third kappa shape index (κ3) is 2.73.